The summed E-state index contributed by atoms with van der Waals surface area (Å²) in [5.41, 5.74) is 2.39. The molecule has 0 aliphatic heterocycles. The van der Waals surface area contributed by atoms with Crippen LogP contribution in [0.15, 0.2) is 48.5 Å². The maximum Gasteiger partial charge on any atom is 0.269 e. The summed E-state index contributed by atoms with van der Waals surface area (Å²) in [6.07, 6.45) is 1.72. The highest BCUT2D eigenvalue weighted by Gasteiger charge is 2.04. The van der Waals surface area contributed by atoms with E-state index in [0.29, 0.717) is 6.61 Å². The molecule has 0 saturated carbocycles. The fourth-order valence-corrected chi connectivity index (χ4v) is 1.93. The fraction of sp³-hybridized carbons (Fsp3) is 0.250. The third kappa shape index (κ3) is 3.82. The van der Waals surface area contributed by atoms with Crippen LogP contribution in [0.3, 0.4) is 0 Å². The minimum Gasteiger partial charge on any atom is -0.493 e. The van der Waals surface area contributed by atoms with Gasteiger partial charge < -0.3 is 4.74 Å². The van der Waals surface area contributed by atoms with Crippen molar-refractivity contribution in [1.29, 1.82) is 0 Å². The molecule has 0 heterocycles. The van der Waals surface area contributed by atoms with E-state index in [1.54, 1.807) is 12.1 Å². The Bertz CT molecular complexity index is 579. The van der Waals surface area contributed by atoms with Crippen LogP contribution >= 0.6 is 0 Å². The second-order valence-electron chi connectivity index (χ2n) is 4.52. The third-order valence-electron chi connectivity index (χ3n) is 3.11. The number of aryl methyl sites for hydroxylation is 1. The van der Waals surface area contributed by atoms with Gasteiger partial charge in [0.15, 0.2) is 0 Å². The Kier molecular flexibility index (Phi) is 4.71. The van der Waals surface area contributed by atoms with Gasteiger partial charge in [0, 0.05) is 18.6 Å². The molecule has 0 spiro atoms. The first-order valence-electron chi connectivity index (χ1n) is 6.64. The number of benzene rings is 2. The van der Waals surface area contributed by atoms with Crippen LogP contribution in [0.5, 0.6) is 5.75 Å². The first-order valence-corrected chi connectivity index (χ1v) is 6.64. The van der Waals surface area contributed by atoms with E-state index in [-0.39, 0.29) is 5.69 Å². The number of ether oxygens (including phenoxy) is 1. The predicted octanol–water partition coefficient (Wildman–Crippen LogP) is 3.78. The van der Waals surface area contributed by atoms with Crippen molar-refractivity contribution in [3.63, 3.8) is 0 Å². The number of nitro benzene ring substituents is 1. The third-order valence-corrected chi connectivity index (χ3v) is 3.11. The Labute approximate surface area is 118 Å². The van der Waals surface area contributed by atoms with Crippen LogP contribution in [-0.4, -0.2) is 11.5 Å². The second-order valence-corrected chi connectivity index (χ2v) is 4.52. The first-order chi connectivity index (χ1) is 9.69. The Morgan fingerprint density at radius 1 is 1.10 bits per heavy atom. The highest BCUT2D eigenvalue weighted by atomic mass is 16.6. The predicted molar refractivity (Wildman–Crippen MR) is 78.1 cm³/mol. The summed E-state index contributed by atoms with van der Waals surface area (Å²) >= 11 is 0. The number of non-ortho nitro benzene ring substituents is 1. The highest BCUT2D eigenvalue weighted by Crippen LogP contribution is 2.15. The standard InChI is InChI=1S/C16H17NO3/c1-2-13-4-3-5-16(12-13)20-11-10-14-6-8-15(9-7-14)17(18)19/h3-9,12H,2,10-11H2,1H3. The monoisotopic (exact) mass is 271 g/mol. The summed E-state index contributed by atoms with van der Waals surface area (Å²) in [6.45, 7) is 2.67. The molecule has 0 saturated heterocycles. The van der Waals surface area contributed by atoms with E-state index in [4.69, 9.17) is 4.74 Å². The van der Waals surface area contributed by atoms with Gasteiger partial charge in [-0.2, -0.15) is 0 Å². The van der Waals surface area contributed by atoms with Gasteiger partial charge in [-0.15, -0.1) is 0 Å². The van der Waals surface area contributed by atoms with E-state index in [0.717, 1.165) is 24.2 Å². The zero-order valence-corrected chi connectivity index (χ0v) is 11.4. The van der Waals surface area contributed by atoms with Gasteiger partial charge in [0.1, 0.15) is 5.75 Å². The first kappa shape index (κ1) is 14.1. The van der Waals surface area contributed by atoms with Crippen LogP contribution in [0.2, 0.25) is 0 Å². The molecule has 2 aromatic carbocycles. The van der Waals surface area contributed by atoms with Crippen molar-refractivity contribution in [1.82, 2.24) is 0 Å². The van der Waals surface area contributed by atoms with Crippen LogP contribution in [0.4, 0.5) is 5.69 Å². The molecular formula is C16H17NO3. The second kappa shape index (κ2) is 6.70. The number of nitrogens with zero attached hydrogens (tertiary/aromatic N) is 1. The molecule has 0 bridgehead atoms. The molecule has 0 aromatic heterocycles. The molecule has 0 radical (unpaired) electrons. The smallest absolute Gasteiger partial charge is 0.269 e. The van der Waals surface area contributed by atoms with Gasteiger partial charge in [0.05, 0.1) is 11.5 Å². The van der Waals surface area contributed by atoms with Crippen molar-refractivity contribution in [2.45, 2.75) is 19.8 Å². The van der Waals surface area contributed by atoms with E-state index in [1.165, 1.54) is 17.7 Å². The lowest BCUT2D eigenvalue weighted by atomic mass is 10.1. The Morgan fingerprint density at radius 3 is 2.50 bits per heavy atom. The van der Waals surface area contributed by atoms with Crippen LogP contribution < -0.4 is 4.74 Å². The maximum atomic E-state index is 10.6. The minimum absolute atomic E-state index is 0.116. The Hall–Kier alpha value is -2.36. The van der Waals surface area contributed by atoms with Crippen LogP contribution in [0.1, 0.15) is 18.1 Å². The summed E-state index contributed by atoms with van der Waals surface area (Å²) in [5, 5.41) is 10.6. The van der Waals surface area contributed by atoms with Crippen molar-refractivity contribution in [3.8, 4) is 5.75 Å². The normalized spacial score (nSPS) is 10.2. The van der Waals surface area contributed by atoms with Crippen molar-refractivity contribution >= 4 is 5.69 Å². The van der Waals surface area contributed by atoms with Gasteiger partial charge >= 0.3 is 0 Å². The molecule has 2 aromatic rings. The lowest BCUT2D eigenvalue weighted by molar-refractivity contribution is -0.384. The molecule has 0 amide bonds. The molecule has 0 N–H and O–H groups in total. The minimum atomic E-state index is -0.392. The van der Waals surface area contributed by atoms with Crippen LogP contribution in [-0.2, 0) is 12.8 Å². The van der Waals surface area contributed by atoms with Crippen molar-refractivity contribution in [2.24, 2.45) is 0 Å². The van der Waals surface area contributed by atoms with Gasteiger partial charge in [0.25, 0.3) is 5.69 Å². The summed E-state index contributed by atoms with van der Waals surface area (Å²) in [7, 11) is 0. The Balaban J connectivity index is 1.87. The van der Waals surface area contributed by atoms with E-state index in [2.05, 4.69) is 13.0 Å². The molecule has 0 aliphatic carbocycles. The molecule has 0 fully saturated rings. The maximum absolute atomic E-state index is 10.6. The number of hydrogen-bond acceptors (Lipinski definition) is 3. The summed E-state index contributed by atoms with van der Waals surface area (Å²) in [5.74, 6) is 0.867. The molecule has 0 unspecified atom stereocenters. The number of nitro groups is 1. The average molecular weight is 271 g/mol. The Morgan fingerprint density at radius 2 is 1.85 bits per heavy atom. The average Bonchev–Trinajstić information content (AvgIpc) is 2.48. The molecule has 0 aliphatic rings. The molecule has 104 valence electrons. The van der Waals surface area contributed by atoms with Crippen molar-refractivity contribution in [3.05, 3.63) is 69.8 Å². The van der Waals surface area contributed by atoms with Gasteiger partial charge in [-0.25, -0.2) is 0 Å². The summed E-state index contributed by atoms with van der Waals surface area (Å²) < 4.78 is 5.70. The molecule has 4 heteroatoms. The largest absolute Gasteiger partial charge is 0.493 e. The molecular weight excluding hydrogens is 254 g/mol. The van der Waals surface area contributed by atoms with Crippen LogP contribution in [0, 0.1) is 10.1 Å². The highest BCUT2D eigenvalue weighted by molar-refractivity contribution is 5.33. The molecule has 0 atom stereocenters. The summed E-state index contributed by atoms with van der Waals surface area (Å²) in [4.78, 5) is 10.2. The van der Waals surface area contributed by atoms with Crippen molar-refractivity contribution < 1.29 is 9.66 Å². The van der Waals surface area contributed by atoms with Gasteiger partial charge in [-0.05, 0) is 29.7 Å². The fourth-order valence-electron chi connectivity index (χ4n) is 1.93. The zero-order valence-electron chi connectivity index (χ0n) is 11.4. The molecule has 20 heavy (non-hydrogen) atoms. The van der Waals surface area contributed by atoms with Gasteiger partial charge in [0.2, 0.25) is 0 Å². The topological polar surface area (TPSA) is 52.4 Å². The quantitative estimate of drug-likeness (QED) is 0.593. The van der Waals surface area contributed by atoms with Gasteiger partial charge in [-0.3, -0.25) is 10.1 Å². The molecule has 2 rings (SSSR count). The van der Waals surface area contributed by atoms with Gasteiger partial charge in [-0.1, -0.05) is 31.2 Å². The lowest BCUT2D eigenvalue weighted by Crippen LogP contribution is -2.01. The lowest BCUT2D eigenvalue weighted by Gasteiger charge is -2.07. The van der Waals surface area contributed by atoms with Crippen molar-refractivity contribution in [2.75, 3.05) is 6.61 Å². The summed E-state index contributed by atoms with van der Waals surface area (Å²) in [6, 6.07) is 14.6. The molecule has 4 nitrogen and oxygen atoms in total. The zero-order chi connectivity index (χ0) is 14.4. The van der Waals surface area contributed by atoms with E-state index in [9.17, 15) is 10.1 Å². The van der Waals surface area contributed by atoms with E-state index >= 15 is 0 Å². The van der Waals surface area contributed by atoms with Crippen LogP contribution in [0.25, 0.3) is 0 Å². The van der Waals surface area contributed by atoms with E-state index in [1.807, 2.05) is 18.2 Å². The SMILES string of the molecule is CCc1cccc(OCCc2ccc([N+](=O)[O-])cc2)c1. The number of hydrogen-bond donors (Lipinski definition) is 0. The number of rotatable bonds is 6. The van der Waals surface area contributed by atoms with E-state index < -0.39 is 4.92 Å².